The van der Waals surface area contributed by atoms with Crippen LogP contribution >= 0.6 is 0 Å². The van der Waals surface area contributed by atoms with E-state index in [1.165, 1.54) is 9.58 Å². The van der Waals surface area contributed by atoms with Gasteiger partial charge in [0.1, 0.15) is 5.52 Å². The topological polar surface area (TPSA) is 105 Å². The third-order valence-corrected chi connectivity index (χ3v) is 4.51. The number of aliphatic carboxylic acids is 1. The average Bonchev–Trinajstić information content (AvgIpc) is 2.98. The van der Waals surface area contributed by atoms with Crippen LogP contribution in [0.2, 0.25) is 0 Å². The van der Waals surface area contributed by atoms with E-state index in [-0.39, 0.29) is 31.0 Å². The van der Waals surface area contributed by atoms with Gasteiger partial charge in [-0.25, -0.2) is 4.68 Å². The number of fused-ring (bicyclic) bond motifs is 1. The maximum absolute atomic E-state index is 12.3. The third-order valence-electron chi connectivity index (χ3n) is 4.51. The van der Waals surface area contributed by atoms with E-state index in [4.69, 9.17) is 0 Å². The van der Waals surface area contributed by atoms with Crippen molar-refractivity contribution < 1.29 is 14.7 Å². The molecule has 1 unspecified atom stereocenters. The van der Waals surface area contributed by atoms with Crippen LogP contribution in [0.1, 0.15) is 19.8 Å². The molecule has 1 saturated heterocycles. The summed E-state index contributed by atoms with van der Waals surface area (Å²) in [6, 6.07) is 6.90. The van der Waals surface area contributed by atoms with E-state index in [0.717, 1.165) is 0 Å². The number of nitrogens with zero attached hydrogens (tertiary/aromatic N) is 4. The van der Waals surface area contributed by atoms with E-state index >= 15 is 0 Å². The summed E-state index contributed by atoms with van der Waals surface area (Å²) in [4.78, 5) is 37.4. The fraction of sp³-hybridized carbons (Fsp3) is 0.438. The maximum atomic E-state index is 12.3. The molecule has 2 heterocycles. The first-order valence-corrected chi connectivity index (χ1v) is 7.74. The molecule has 1 fully saturated rings. The molecule has 1 amide bonds. The van der Waals surface area contributed by atoms with E-state index in [0.29, 0.717) is 23.9 Å². The van der Waals surface area contributed by atoms with Gasteiger partial charge < -0.3 is 10.0 Å². The van der Waals surface area contributed by atoms with Crippen LogP contribution in [-0.2, 0) is 16.1 Å². The number of carbonyl (C=O) groups is 2. The fourth-order valence-corrected chi connectivity index (χ4v) is 2.88. The Morgan fingerprint density at radius 3 is 2.79 bits per heavy atom. The minimum atomic E-state index is -0.894. The molecule has 3 rings (SSSR count). The highest BCUT2D eigenvalue weighted by Crippen LogP contribution is 2.30. The number of aromatic nitrogens is 3. The lowest BCUT2D eigenvalue weighted by atomic mass is 9.90. The van der Waals surface area contributed by atoms with E-state index < -0.39 is 11.4 Å². The number of carboxylic acid groups (broad SMARTS) is 1. The molecule has 2 aromatic rings. The summed E-state index contributed by atoms with van der Waals surface area (Å²) < 4.78 is 1.17. The van der Waals surface area contributed by atoms with E-state index in [1.807, 2.05) is 0 Å². The molecule has 0 aliphatic carbocycles. The highest BCUT2D eigenvalue weighted by Gasteiger charge is 2.41. The number of aryl methyl sites for hydroxylation is 1. The van der Waals surface area contributed by atoms with Gasteiger partial charge in [0, 0.05) is 19.5 Å². The van der Waals surface area contributed by atoms with E-state index in [1.54, 1.807) is 31.2 Å². The Morgan fingerprint density at radius 1 is 1.33 bits per heavy atom. The van der Waals surface area contributed by atoms with Crippen molar-refractivity contribution in [3.05, 3.63) is 34.6 Å². The standard InChI is InChI=1S/C16H18N4O4/c1-16(15(23)24)7-9-19(10-16)13(21)6-8-20-14(22)11-4-2-3-5-12(11)17-18-20/h2-5H,6-10H2,1H3,(H,23,24). The van der Waals surface area contributed by atoms with Gasteiger partial charge in [0.2, 0.25) is 5.91 Å². The molecule has 0 bridgehead atoms. The summed E-state index contributed by atoms with van der Waals surface area (Å²) in [5.74, 6) is -1.07. The second-order valence-corrected chi connectivity index (χ2v) is 6.32. The number of rotatable bonds is 4. The zero-order valence-electron chi connectivity index (χ0n) is 13.3. The summed E-state index contributed by atoms with van der Waals surface area (Å²) >= 11 is 0. The molecule has 8 nitrogen and oxygen atoms in total. The summed E-state index contributed by atoms with van der Waals surface area (Å²) in [5.41, 5.74) is -0.665. The number of hydrogen-bond donors (Lipinski definition) is 1. The summed E-state index contributed by atoms with van der Waals surface area (Å²) in [5, 5.41) is 17.5. The predicted molar refractivity (Wildman–Crippen MR) is 85.4 cm³/mol. The van der Waals surface area contributed by atoms with Gasteiger partial charge in [-0.3, -0.25) is 14.4 Å². The van der Waals surface area contributed by atoms with Gasteiger partial charge in [-0.05, 0) is 25.5 Å². The van der Waals surface area contributed by atoms with Crippen molar-refractivity contribution in [1.82, 2.24) is 19.9 Å². The Kier molecular flexibility index (Phi) is 4.04. The Labute approximate surface area is 137 Å². The molecular weight excluding hydrogens is 312 g/mol. The maximum Gasteiger partial charge on any atom is 0.311 e. The predicted octanol–water partition coefficient (Wildman–Crippen LogP) is 0.505. The van der Waals surface area contributed by atoms with Crippen LogP contribution < -0.4 is 5.56 Å². The first-order chi connectivity index (χ1) is 11.4. The SMILES string of the molecule is CC1(C(=O)O)CCN(C(=O)CCn2nnc3ccccc3c2=O)C1. The van der Waals surface area contributed by atoms with Gasteiger partial charge >= 0.3 is 5.97 Å². The number of likely N-dealkylation sites (tertiary alicyclic amines) is 1. The number of carbonyl (C=O) groups excluding carboxylic acids is 1. The Bertz CT molecular complexity index is 863. The van der Waals surface area contributed by atoms with Crippen molar-refractivity contribution in [3.63, 3.8) is 0 Å². The van der Waals surface area contributed by atoms with E-state index in [9.17, 15) is 19.5 Å². The minimum absolute atomic E-state index is 0.0859. The lowest BCUT2D eigenvalue weighted by molar-refractivity contribution is -0.147. The number of hydrogen-bond acceptors (Lipinski definition) is 5. The van der Waals surface area contributed by atoms with Crippen LogP contribution in [0, 0.1) is 5.41 Å². The van der Waals surface area contributed by atoms with Crippen LogP contribution in [0.4, 0.5) is 0 Å². The minimum Gasteiger partial charge on any atom is -0.481 e. The largest absolute Gasteiger partial charge is 0.481 e. The molecule has 24 heavy (non-hydrogen) atoms. The van der Waals surface area contributed by atoms with Gasteiger partial charge in [-0.2, -0.15) is 0 Å². The van der Waals surface area contributed by atoms with Gasteiger partial charge in [-0.15, -0.1) is 5.10 Å². The van der Waals surface area contributed by atoms with Crippen LogP contribution in [0.3, 0.4) is 0 Å². The smallest absolute Gasteiger partial charge is 0.311 e. The zero-order chi connectivity index (χ0) is 17.3. The summed E-state index contributed by atoms with van der Waals surface area (Å²) in [6.07, 6.45) is 0.520. The van der Waals surface area contributed by atoms with Crippen LogP contribution in [0.5, 0.6) is 0 Å². The summed E-state index contributed by atoms with van der Waals surface area (Å²) in [7, 11) is 0. The summed E-state index contributed by atoms with van der Waals surface area (Å²) in [6.45, 7) is 2.37. The third kappa shape index (κ3) is 2.86. The molecule has 8 heteroatoms. The van der Waals surface area contributed by atoms with Crippen LogP contribution in [0.25, 0.3) is 10.9 Å². The van der Waals surface area contributed by atoms with Gasteiger partial charge in [0.25, 0.3) is 5.56 Å². The molecule has 1 aromatic carbocycles. The molecule has 1 N–H and O–H groups in total. The Morgan fingerprint density at radius 2 is 2.08 bits per heavy atom. The number of carboxylic acids is 1. The van der Waals surface area contributed by atoms with Crippen LogP contribution in [0.15, 0.2) is 29.1 Å². The van der Waals surface area contributed by atoms with Crippen molar-refractivity contribution in [2.24, 2.45) is 5.41 Å². The number of benzene rings is 1. The number of amides is 1. The molecule has 1 aromatic heterocycles. The highest BCUT2D eigenvalue weighted by atomic mass is 16.4. The Hall–Kier alpha value is -2.77. The van der Waals surface area contributed by atoms with Crippen LogP contribution in [-0.4, -0.2) is 50.0 Å². The fourth-order valence-electron chi connectivity index (χ4n) is 2.88. The molecule has 0 radical (unpaired) electrons. The van der Waals surface area contributed by atoms with Crippen molar-refractivity contribution in [2.75, 3.05) is 13.1 Å². The van der Waals surface area contributed by atoms with Crippen molar-refractivity contribution in [3.8, 4) is 0 Å². The molecular formula is C16H18N4O4. The average molecular weight is 330 g/mol. The lowest BCUT2D eigenvalue weighted by Crippen LogP contribution is -2.36. The van der Waals surface area contributed by atoms with Gasteiger partial charge in [-0.1, -0.05) is 17.3 Å². The molecule has 0 spiro atoms. The molecule has 1 aliphatic rings. The highest BCUT2D eigenvalue weighted by molar-refractivity contribution is 5.80. The van der Waals surface area contributed by atoms with Gasteiger partial charge in [0.05, 0.1) is 17.3 Å². The normalized spacial score (nSPS) is 20.5. The van der Waals surface area contributed by atoms with Crippen molar-refractivity contribution in [2.45, 2.75) is 26.3 Å². The lowest BCUT2D eigenvalue weighted by Gasteiger charge is -2.20. The molecule has 126 valence electrons. The second kappa shape index (κ2) is 6.03. The first-order valence-electron chi connectivity index (χ1n) is 7.74. The molecule has 1 aliphatic heterocycles. The monoisotopic (exact) mass is 330 g/mol. The quantitative estimate of drug-likeness (QED) is 0.875. The van der Waals surface area contributed by atoms with Gasteiger partial charge in [0.15, 0.2) is 0 Å². The molecule has 0 saturated carbocycles. The second-order valence-electron chi connectivity index (χ2n) is 6.32. The van der Waals surface area contributed by atoms with Crippen molar-refractivity contribution >= 4 is 22.8 Å². The van der Waals surface area contributed by atoms with E-state index in [2.05, 4.69) is 10.3 Å². The Balaban J connectivity index is 1.68. The first kappa shape index (κ1) is 16.1. The molecule has 1 atom stereocenters. The zero-order valence-corrected chi connectivity index (χ0v) is 13.3. The van der Waals surface area contributed by atoms with Crippen molar-refractivity contribution in [1.29, 1.82) is 0 Å².